The van der Waals surface area contributed by atoms with Crippen LogP contribution in [0.5, 0.6) is 0 Å². The van der Waals surface area contributed by atoms with E-state index < -0.39 is 33.2 Å². The Balaban J connectivity index is 2.45. The minimum atomic E-state index is -4.10. The van der Waals surface area contributed by atoms with E-state index >= 15 is 0 Å². The zero-order valence-corrected chi connectivity index (χ0v) is 12.9. The molecule has 0 aliphatic carbocycles. The number of carboxylic acid groups (broad SMARTS) is 1. The molecule has 0 bridgehead atoms. The number of halogens is 1. The summed E-state index contributed by atoms with van der Waals surface area (Å²) in [5, 5.41) is 8.77. The molecule has 0 radical (unpaired) electrons. The maximum absolute atomic E-state index is 13.2. The van der Waals surface area contributed by atoms with Gasteiger partial charge in [0.1, 0.15) is 16.8 Å². The van der Waals surface area contributed by atoms with Gasteiger partial charge in [-0.15, -0.1) is 11.8 Å². The van der Waals surface area contributed by atoms with Gasteiger partial charge in [0.25, 0.3) is 0 Å². The lowest BCUT2D eigenvalue weighted by molar-refractivity contribution is -0.140. The van der Waals surface area contributed by atoms with Crippen LogP contribution in [0.3, 0.4) is 0 Å². The molecule has 2 unspecified atom stereocenters. The number of sulfonamides is 1. The van der Waals surface area contributed by atoms with Crippen LogP contribution in [0.15, 0.2) is 23.4 Å². The van der Waals surface area contributed by atoms with Crippen molar-refractivity contribution in [3.8, 4) is 0 Å². The number of rotatable bonds is 5. The Bertz CT molecular complexity index is 638. The zero-order chi connectivity index (χ0) is 15.6. The summed E-state index contributed by atoms with van der Waals surface area (Å²) < 4.78 is 39.4. The number of pyridine rings is 1. The van der Waals surface area contributed by atoms with Crippen molar-refractivity contribution in [3.63, 3.8) is 0 Å². The maximum atomic E-state index is 13.2. The summed E-state index contributed by atoms with van der Waals surface area (Å²) in [7, 11) is -4.10. The highest BCUT2D eigenvalue weighted by Crippen LogP contribution is 2.36. The minimum Gasteiger partial charge on any atom is -0.480 e. The van der Waals surface area contributed by atoms with E-state index in [1.54, 1.807) is 0 Å². The van der Waals surface area contributed by atoms with Gasteiger partial charge in [-0.3, -0.25) is 9.78 Å². The van der Waals surface area contributed by atoms with E-state index in [9.17, 15) is 22.7 Å². The monoisotopic (exact) mass is 334 g/mol. The van der Waals surface area contributed by atoms with Crippen LogP contribution in [-0.2, 0) is 14.8 Å². The Kier molecular flexibility index (Phi) is 4.84. The van der Waals surface area contributed by atoms with Crippen LogP contribution >= 0.6 is 11.8 Å². The fraction of sp³-hybridized carbons (Fsp3) is 0.500. The molecule has 0 spiro atoms. The van der Waals surface area contributed by atoms with E-state index in [4.69, 9.17) is 0 Å². The van der Waals surface area contributed by atoms with E-state index in [0.717, 1.165) is 29.2 Å². The third kappa shape index (κ3) is 3.19. The van der Waals surface area contributed by atoms with E-state index in [2.05, 4.69) is 4.98 Å². The van der Waals surface area contributed by atoms with Crippen molar-refractivity contribution in [1.82, 2.24) is 9.29 Å². The molecule has 2 rings (SSSR count). The molecule has 1 saturated heterocycles. The number of carbonyl (C=O) groups is 1. The lowest BCUT2D eigenvalue weighted by atomic mass is 10.3. The molecule has 2 atom stereocenters. The van der Waals surface area contributed by atoms with E-state index in [1.807, 2.05) is 6.92 Å². The normalized spacial score (nSPS) is 23.3. The molecule has 1 N–H and O–H groups in total. The van der Waals surface area contributed by atoms with E-state index in [1.165, 1.54) is 11.8 Å². The Labute approximate surface area is 126 Å². The standard InChI is InChI=1S/C12H15FN2O4S2/c1-2-3-11-15(10(7-20-11)12(16)17)21(18,19)9-4-8(13)5-14-6-9/h4-6,10-11H,2-3,7H2,1H3,(H,16,17). The SMILES string of the molecule is CCCC1SCC(C(=O)O)N1S(=O)(=O)c1cncc(F)c1. The smallest absolute Gasteiger partial charge is 0.322 e. The highest BCUT2D eigenvalue weighted by Gasteiger charge is 2.46. The maximum Gasteiger partial charge on any atom is 0.322 e. The van der Waals surface area contributed by atoms with Gasteiger partial charge in [0.05, 0.1) is 11.6 Å². The summed E-state index contributed by atoms with van der Waals surface area (Å²) in [5.74, 6) is -1.79. The first-order chi connectivity index (χ1) is 9.87. The van der Waals surface area contributed by atoms with Crippen molar-refractivity contribution >= 4 is 27.8 Å². The first kappa shape index (κ1) is 16.2. The molecule has 1 aliphatic heterocycles. The van der Waals surface area contributed by atoms with E-state index in [-0.39, 0.29) is 10.6 Å². The molecule has 1 aromatic heterocycles. The fourth-order valence-corrected chi connectivity index (χ4v) is 5.80. The third-order valence-corrected chi connectivity index (χ3v) is 6.49. The number of carboxylic acids is 1. The van der Waals surface area contributed by atoms with Crippen LogP contribution in [0.1, 0.15) is 19.8 Å². The number of aromatic nitrogens is 1. The van der Waals surface area contributed by atoms with Crippen molar-refractivity contribution in [1.29, 1.82) is 0 Å². The van der Waals surface area contributed by atoms with Gasteiger partial charge >= 0.3 is 5.97 Å². The highest BCUT2D eigenvalue weighted by molar-refractivity contribution is 8.01. The van der Waals surface area contributed by atoms with Crippen LogP contribution in [0.4, 0.5) is 4.39 Å². The van der Waals surface area contributed by atoms with Gasteiger partial charge in [0.2, 0.25) is 10.0 Å². The predicted molar refractivity (Wildman–Crippen MR) is 75.8 cm³/mol. The van der Waals surface area contributed by atoms with Gasteiger partial charge in [0.15, 0.2) is 0 Å². The molecule has 1 aliphatic rings. The van der Waals surface area contributed by atoms with Gasteiger partial charge in [-0.25, -0.2) is 12.8 Å². The van der Waals surface area contributed by atoms with Crippen LogP contribution in [-0.4, -0.2) is 46.0 Å². The molecule has 0 amide bonds. The van der Waals surface area contributed by atoms with Gasteiger partial charge < -0.3 is 5.11 Å². The summed E-state index contributed by atoms with van der Waals surface area (Å²) in [6, 6.07) is -0.285. The fourth-order valence-electron chi connectivity index (χ4n) is 2.16. The number of thioether (sulfide) groups is 1. The lowest BCUT2D eigenvalue weighted by Gasteiger charge is -2.26. The summed E-state index contributed by atoms with van der Waals surface area (Å²) in [5.41, 5.74) is 0. The predicted octanol–water partition coefficient (Wildman–Crippen LogP) is 1.54. The second-order valence-corrected chi connectivity index (χ2v) is 7.66. The number of hydrogen-bond donors (Lipinski definition) is 1. The summed E-state index contributed by atoms with van der Waals surface area (Å²) in [6.07, 6.45) is 3.19. The highest BCUT2D eigenvalue weighted by atomic mass is 32.2. The van der Waals surface area contributed by atoms with Crippen LogP contribution < -0.4 is 0 Å². The summed E-state index contributed by atoms with van der Waals surface area (Å²) in [6.45, 7) is 1.89. The van der Waals surface area contributed by atoms with Crippen molar-refractivity contribution in [3.05, 3.63) is 24.3 Å². The van der Waals surface area contributed by atoms with Gasteiger partial charge in [-0.1, -0.05) is 13.3 Å². The number of aliphatic carboxylic acids is 1. The van der Waals surface area contributed by atoms with Crippen molar-refractivity contribution < 1.29 is 22.7 Å². The van der Waals surface area contributed by atoms with Crippen molar-refractivity contribution in [2.75, 3.05) is 5.75 Å². The van der Waals surface area contributed by atoms with Crippen LogP contribution in [0.25, 0.3) is 0 Å². The second kappa shape index (κ2) is 6.29. The van der Waals surface area contributed by atoms with Gasteiger partial charge in [-0.05, 0) is 12.5 Å². The molecule has 1 fully saturated rings. The number of nitrogens with zero attached hydrogens (tertiary/aromatic N) is 2. The topological polar surface area (TPSA) is 87.6 Å². The van der Waals surface area contributed by atoms with Crippen LogP contribution in [0, 0.1) is 5.82 Å². The number of hydrogen-bond acceptors (Lipinski definition) is 5. The lowest BCUT2D eigenvalue weighted by Crippen LogP contribution is -2.45. The molecule has 2 heterocycles. The second-order valence-electron chi connectivity index (χ2n) is 4.60. The van der Waals surface area contributed by atoms with Crippen LogP contribution in [0.2, 0.25) is 0 Å². The van der Waals surface area contributed by atoms with Crippen molar-refractivity contribution in [2.24, 2.45) is 0 Å². The van der Waals surface area contributed by atoms with Gasteiger partial charge in [0, 0.05) is 11.9 Å². The molecule has 9 heteroatoms. The molecule has 6 nitrogen and oxygen atoms in total. The molecular weight excluding hydrogens is 319 g/mol. The quantitative estimate of drug-likeness (QED) is 0.879. The molecule has 116 valence electrons. The Morgan fingerprint density at radius 2 is 2.29 bits per heavy atom. The first-order valence-electron chi connectivity index (χ1n) is 6.36. The summed E-state index contributed by atoms with van der Waals surface area (Å²) >= 11 is 1.29. The summed E-state index contributed by atoms with van der Waals surface area (Å²) in [4.78, 5) is 14.5. The first-order valence-corrected chi connectivity index (χ1v) is 8.85. The van der Waals surface area contributed by atoms with E-state index in [0.29, 0.717) is 6.42 Å². The Hall–Kier alpha value is -1.19. The molecule has 0 aromatic carbocycles. The molecule has 0 saturated carbocycles. The molecule has 21 heavy (non-hydrogen) atoms. The largest absolute Gasteiger partial charge is 0.480 e. The average Bonchev–Trinajstić information content (AvgIpc) is 2.84. The van der Waals surface area contributed by atoms with Crippen molar-refractivity contribution in [2.45, 2.75) is 36.1 Å². The molecular formula is C12H15FN2O4S2. The zero-order valence-electron chi connectivity index (χ0n) is 11.3. The average molecular weight is 334 g/mol. The Morgan fingerprint density at radius 3 is 2.86 bits per heavy atom. The third-order valence-electron chi connectivity index (χ3n) is 3.11. The Morgan fingerprint density at radius 1 is 1.57 bits per heavy atom. The van der Waals surface area contributed by atoms with Gasteiger partial charge in [-0.2, -0.15) is 4.31 Å². The molecule has 1 aromatic rings. The minimum absolute atomic E-state index is 0.183.